The predicted octanol–water partition coefficient (Wildman–Crippen LogP) is 3.67. The molecule has 4 rings (SSSR count). The minimum atomic E-state index is -1.08. The lowest BCUT2D eigenvalue weighted by molar-refractivity contribution is -0.140. The Morgan fingerprint density at radius 3 is 2.74 bits per heavy atom. The number of thioether (sulfide) groups is 1. The van der Waals surface area contributed by atoms with Gasteiger partial charge in [-0.15, -0.1) is 0 Å². The van der Waals surface area contributed by atoms with Gasteiger partial charge in [-0.1, -0.05) is 48.2 Å². The largest absolute Gasteiger partial charge is 0.480 e. The number of thiocarbonyl (C=S) groups is 1. The Labute approximate surface area is 166 Å². The van der Waals surface area contributed by atoms with Crippen molar-refractivity contribution >= 4 is 57.6 Å². The molecule has 0 unspecified atom stereocenters. The number of carbonyl (C=O) groups excluding carboxylic acids is 1. The summed E-state index contributed by atoms with van der Waals surface area (Å²) in [5, 5.41) is 8.92. The maximum Gasteiger partial charge on any atom is 0.323 e. The molecule has 0 aliphatic carbocycles. The second-order valence-electron chi connectivity index (χ2n) is 6.29. The summed E-state index contributed by atoms with van der Waals surface area (Å²) in [6, 6.07) is 16.4. The molecule has 1 amide bonds. The number of carboxylic acids is 1. The summed E-state index contributed by atoms with van der Waals surface area (Å²) in [5.74, 6) is -1.43. The smallest absolute Gasteiger partial charge is 0.323 e. The van der Waals surface area contributed by atoms with E-state index in [1.807, 2.05) is 24.3 Å². The molecule has 1 saturated heterocycles. The van der Waals surface area contributed by atoms with Gasteiger partial charge < -0.3 is 10.0 Å². The number of nitrogens with zero attached hydrogens (tertiary/aromatic N) is 2. The third-order valence-corrected chi connectivity index (χ3v) is 5.91. The van der Waals surface area contributed by atoms with E-state index >= 15 is 0 Å². The molecule has 5 nitrogen and oxygen atoms in total. The lowest BCUT2D eigenvalue weighted by atomic mass is 10.1. The van der Waals surface area contributed by atoms with Crippen molar-refractivity contribution in [1.82, 2.24) is 4.90 Å². The highest BCUT2D eigenvalue weighted by Gasteiger charge is 2.33. The van der Waals surface area contributed by atoms with Crippen LogP contribution in [-0.4, -0.2) is 39.3 Å². The third kappa shape index (κ3) is 3.48. The molecule has 0 radical (unpaired) electrons. The summed E-state index contributed by atoms with van der Waals surface area (Å²) in [6.07, 6.45) is 2.72. The predicted molar refractivity (Wildman–Crippen MR) is 111 cm³/mol. The van der Waals surface area contributed by atoms with Crippen LogP contribution in [0.4, 0.5) is 11.4 Å². The van der Waals surface area contributed by atoms with E-state index in [-0.39, 0.29) is 10.2 Å². The minimum absolute atomic E-state index is 0.282. The number of rotatable bonds is 4. The number of anilines is 2. The van der Waals surface area contributed by atoms with Crippen LogP contribution < -0.4 is 4.90 Å². The molecule has 1 N–H and O–H groups in total. The Balaban J connectivity index is 1.59. The number of benzene rings is 2. The fraction of sp³-hybridized carbons (Fsp3) is 0.150. The van der Waals surface area contributed by atoms with E-state index < -0.39 is 12.5 Å². The topological polar surface area (TPSA) is 60.9 Å². The van der Waals surface area contributed by atoms with Crippen molar-refractivity contribution < 1.29 is 14.7 Å². The van der Waals surface area contributed by atoms with E-state index in [1.54, 1.807) is 6.08 Å². The molecular formula is C20H16N2O3S2. The van der Waals surface area contributed by atoms with Gasteiger partial charge in [-0.05, 0) is 47.9 Å². The Bertz CT molecular complexity index is 972. The van der Waals surface area contributed by atoms with E-state index in [1.165, 1.54) is 16.9 Å². The molecule has 2 heterocycles. The lowest BCUT2D eigenvalue weighted by Crippen LogP contribution is -2.33. The average molecular weight is 396 g/mol. The number of hydrogen-bond donors (Lipinski definition) is 1. The molecule has 2 aromatic rings. The van der Waals surface area contributed by atoms with Crippen LogP contribution in [0.2, 0.25) is 0 Å². The van der Waals surface area contributed by atoms with Crippen molar-refractivity contribution in [3.05, 3.63) is 64.6 Å². The summed E-state index contributed by atoms with van der Waals surface area (Å²) >= 11 is 6.28. The lowest BCUT2D eigenvalue weighted by Gasteiger charge is -2.19. The molecule has 2 aromatic carbocycles. The highest BCUT2D eigenvalue weighted by molar-refractivity contribution is 8.26. The van der Waals surface area contributed by atoms with Crippen LogP contribution in [-0.2, 0) is 16.0 Å². The fourth-order valence-corrected chi connectivity index (χ4v) is 4.57. The molecule has 136 valence electrons. The van der Waals surface area contributed by atoms with Gasteiger partial charge in [-0.25, -0.2) is 0 Å². The Morgan fingerprint density at radius 1 is 1.22 bits per heavy atom. The monoisotopic (exact) mass is 396 g/mol. The Morgan fingerprint density at radius 2 is 2.00 bits per heavy atom. The van der Waals surface area contributed by atoms with Gasteiger partial charge >= 0.3 is 5.97 Å². The number of carboxylic acid groups (broad SMARTS) is 1. The van der Waals surface area contributed by atoms with Crippen LogP contribution in [0.3, 0.4) is 0 Å². The minimum Gasteiger partial charge on any atom is -0.480 e. The van der Waals surface area contributed by atoms with Crippen LogP contribution in [0.25, 0.3) is 6.08 Å². The summed E-state index contributed by atoms with van der Waals surface area (Å²) < 4.78 is 0.282. The standard InChI is InChI=1S/C20H16N2O3S2/c23-18(24)12-22-19(25)17(27-20(22)26)11-13-6-7-16-14(10-13)8-9-21(16)15-4-2-1-3-5-15/h1-7,10-11H,8-9,12H2,(H,23,24). The zero-order valence-corrected chi connectivity index (χ0v) is 15.9. The van der Waals surface area contributed by atoms with Crippen molar-refractivity contribution in [1.29, 1.82) is 0 Å². The van der Waals surface area contributed by atoms with Crippen molar-refractivity contribution in [2.24, 2.45) is 0 Å². The van der Waals surface area contributed by atoms with Crippen LogP contribution in [0.15, 0.2) is 53.4 Å². The molecule has 0 atom stereocenters. The molecule has 0 bridgehead atoms. The third-order valence-electron chi connectivity index (χ3n) is 4.53. The first-order valence-corrected chi connectivity index (χ1v) is 9.68. The number of para-hydroxylation sites is 1. The number of fused-ring (bicyclic) bond motifs is 1. The van der Waals surface area contributed by atoms with Crippen molar-refractivity contribution in [3.8, 4) is 0 Å². The summed E-state index contributed by atoms with van der Waals surface area (Å²) in [4.78, 5) is 27.2. The normalized spacial score (nSPS) is 17.7. The maximum absolute atomic E-state index is 12.4. The van der Waals surface area contributed by atoms with Gasteiger partial charge in [-0.3, -0.25) is 14.5 Å². The Kier molecular flexibility index (Phi) is 4.72. The first-order valence-electron chi connectivity index (χ1n) is 8.45. The number of hydrogen-bond acceptors (Lipinski definition) is 5. The molecule has 0 spiro atoms. The van der Waals surface area contributed by atoms with Gasteiger partial charge in [0.15, 0.2) is 0 Å². The second-order valence-corrected chi connectivity index (χ2v) is 7.96. The first kappa shape index (κ1) is 17.8. The van der Waals surface area contributed by atoms with E-state index in [2.05, 4.69) is 29.2 Å². The van der Waals surface area contributed by atoms with Gasteiger partial charge in [0.1, 0.15) is 10.9 Å². The van der Waals surface area contributed by atoms with Gasteiger partial charge in [-0.2, -0.15) is 0 Å². The van der Waals surface area contributed by atoms with E-state index in [4.69, 9.17) is 17.3 Å². The molecule has 0 saturated carbocycles. The van der Waals surface area contributed by atoms with Gasteiger partial charge in [0.05, 0.1) is 4.91 Å². The second kappa shape index (κ2) is 7.17. The molecule has 2 aliphatic heterocycles. The summed E-state index contributed by atoms with van der Waals surface area (Å²) in [7, 11) is 0. The van der Waals surface area contributed by atoms with Gasteiger partial charge in [0.25, 0.3) is 5.91 Å². The average Bonchev–Trinajstić information content (AvgIpc) is 3.18. The quantitative estimate of drug-likeness (QED) is 0.629. The van der Waals surface area contributed by atoms with Crippen molar-refractivity contribution in [3.63, 3.8) is 0 Å². The van der Waals surface area contributed by atoms with Gasteiger partial charge in [0.2, 0.25) is 0 Å². The number of aliphatic carboxylic acids is 1. The molecule has 1 fully saturated rings. The van der Waals surface area contributed by atoms with Crippen LogP contribution >= 0.6 is 24.0 Å². The van der Waals surface area contributed by atoms with Crippen molar-refractivity contribution in [2.75, 3.05) is 18.0 Å². The van der Waals surface area contributed by atoms with Crippen molar-refractivity contribution in [2.45, 2.75) is 6.42 Å². The maximum atomic E-state index is 12.4. The summed E-state index contributed by atoms with van der Waals surface area (Å²) in [5.41, 5.74) is 4.49. The Hall–Kier alpha value is -2.64. The van der Waals surface area contributed by atoms with Crippen LogP contribution in [0.5, 0.6) is 0 Å². The molecule has 27 heavy (non-hydrogen) atoms. The first-order chi connectivity index (χ1) is 13.0. The zero-order chi connectivity index (χ0) is 19.0. The molecular weight excluding hydrogens is 380 g/mol. The van der Waals surface area contributed by atoms with Gasteiger partial charge in [0, 0.05) is 17.9 Å². The highest BCUT2D eigenvalue weighted by atomic mass is 32.2. The summed E-state index contributed by atoms with van der Waals surface area (Å²) in [6.45, 7) is 0.516. The molecule has 2 aliphatic rings. The van der Waals surface area contributed by atoms with Crippen LogP contribution in [0.1, 0.15) is 11.1 Å². The number of carbonyl (C=O) groups is 2. The van der Waals surface area contributed by atoms with E-state index in [9.17, 15) is 9.59 Å². The van der Waals surface area contributed by atoms with E-state index in [0.29, 0.717) is 4.91 Å². The van der Waals surface area contributed by atoms with Crippen LogP contribution in [0, 0.1) is 0 Å². The van der Waals surface area contributed by atoms with E-state index in [0.717, 1.165) is 35.2 Å². The molecule has 0 aromatic heterocycles. The highest BCUT2D eigenvalue weighted by Crippen LogP contribution is 2.37. The zero-order valence-electron chi connectivity index (χ0n) is 14.3. The SMILES string of the molecule is O=C(O)CN1C(=O)C(=Cc2ccc3c(c2)CCN3c2ccccc2)SC1=S. The number of amides is 1. The fourth-order valence-electron chi connectivity index (χ4n) is 3.31. The molecule has 7 heteroatoms.